The Morgan fingerprint density at radius 1 is 0.833 bits per heavy atom. The zero-order valence-electron chi connectivity index (χ0n) is 9.82. The van der Waals surface area contributed by atoms with Gasteiger partial charge >= 0.3 is 0 Å². The van der Waals surface area contributed by atoms with E-state index in [0.29, 0.717) is 0 Å². The maximum absolute atomic E-state index is 5.70. The molecule has 2 aromatic carbocycles. The van der Waals surface area contributed by atoms with Gasteiger partial charge in [-0.25, -0.2) is 4.68 Å². The summed E-state index contributed by atoms with van der Waals surface area (Å²) >= 11 is 0. The molecule has 1 aromatic heterocycles. The van der Waals surface area contributed by atoms with Gasteiger partial charge < -0.3 is 5.73 Å². The Bertz CT molecular complexity index is 639. The maximum atomic E-state index is 5.70. The minimum absolute atomic E-state index is 0.757. The van der Waals surface area contributed by atoms with Gasteiger partial charge in [0.05, 0.1) is 17.6 Å². The third kappa shape index (κ3) is 1.86. The number of nitrogens with zero attached hydrogens (tertiary/aromatic N) is 2. The molecular formula is C15H13N3. The Labute approximate surface area is 105 Å². The molecule has 3 aromatic rings. The molecule has 0 aliphatic heterocycles. The van der Waals surface area contributed by atoms with Crippen molar-refractivity contribution in [3.8, 4) is 16.9 Å². The summed E-state index contributed by atoms with van der Waals surface area (Å²) in [5, 5.41) is 4.37. The lowest BCUT2D eigenvalue weighted by atomic mass is 10.1. The van der Waals surface area contributed by atoms with Crippen molar-refractivity contribution in [3.63, 3.8) is 0 Å². The highest BCUT2D eigenvalue weighted by molar-refractivity contribution is 5.62. The van der Waals surface area contributed by atoms with E-state index in [0.717, 1.165) is 22.6 Å². The molecule has 0 aliphatic rings. The van der Waals surface area contributed by atoms with Crippen LogP contribution in [0.3, 0.4) is 0 Å². The third-order valence-electron chi connectivity index (χ3n) is 2.85. The summed E-state index contributed by atoms with van der Waals surface area (Å²) in [5.41, 5.74) is 9.68. The van der Waals surface area contributed by atoms with Gasteiger partial charge in [-0.1, -0.05) is 30.3 Å². The van der Waals surface area contributed by atoms with Crippen LogP contribution in [0.4, 0.5) is 5.69 Å². The Hall–Kier alpha value is -2.55. The average Bonchev–Trinajstić information content (AvgIpc) is 2.90. The molecule has 0 fully saturated rings. The van der Waals surface area contributed by atoms with Crippen LogP contribution in [-0.4, -0.2) is 9.78 Å². The quantitative estimate of drug-likeness (QED) is 0.693. The fraction of sp³-hybridized carbons (Fsp3) is 0. The van der Waals surface area contributed by atoms with Crippen molar-refractivity contribution in [2.75, 3.05) is 5.73 Å². The van der Waals surface area contributed by atoms with Gasteiger partial charge in [0.25, 0.3) is 0 Å². The zero-order valence-corrected chi connectivity index (χ0v) is 9.82. The molecule has 2 N–H and O–H groups in total. The molecule has 88 valence electrons. The summed E-state index contributed by atoms with van der Waals surface area (Å²) in [6.07, 6.45) is 1.80. The molecule has 18 heavy (non-hydrogen) atoms. The molecule has 0 spiro atoms. The Kier molecular flexibility index (Phi) is 2.57. The highest BCUT2D eigenvalue weighted by Gasteiger charge is 2.06. The van der Waals surface area contributed by atoms with Crippen molar-refractivity contribution in [2.24, 2.45) is 0 Å². The predicted molar refractivity (Wildman–Crippen MR) is 73.4 cm³/mol. The van der Waals surface area contributed by atoms with Crippen molar-refractivity contribution in [1.29, 1.82) is 0 Å². The SMILES string of the molecule is Nc1ccc(-n2nccc2-c2ccccc2)cc1. The van der Waals surface area contributed by atoms with Gasteiger partial charge in [-0.05, 0) is 30.3 Å². The minimum Gasteiger partial charge on any atom is -0.399 e. The molecule has 3 heteroatoms. The first-order valence-electron chi connectivity index (χ1n) is 5.80. The zero-order chi connectivity index (χ0) is 12.4. The predicted octanol–water partition coefficient (Wildman–Crippen LogP) is 3.12. The molecule has 3 nitrogen and oxygen atoms in total. The highest BCUT2D eigenvalue weighted by atomic mass is 15.3. The van der Waals surface area contributed by atoms with Crippen molar-refractivity contribution >= 4 is 5.69 Å². The van der Waals surface area contributed by atoms with Crippen LogP contribution in [0.25, 0.3) is 16.9 Å². The molecule has 3 rings (SSSR count). The molecule has 0 atom stereocenters. The Morgan fingerprint density at radius 3 is 2.28 bits per heavy atom. The summed E-state index contributed by atoms with van der Waals surface area (Å²) < 4.78 is 1.91. The van der Waals surface area contributed by atoms with E-state index >= 15 is 0 Å². The van der Waals surface area contributed by atoms with Crippen LogP contribution in [0.2, 0.25) is 0 Å². The molecule has 0 saturated carbocycles. The summed E-state index contributed by atoms with van der Waals surface area (Å²) in [7, 11) is 0. The van der Waals surface area contributed by atoms with Gasteiger partial charge in [-0.15, -0.1) is 0 Å². The number of hydrogen-bond acceptors (Lipinski definition) is 2. The van der Waals surface area contributed by atoms with Crippen molar-refractivity contribution in [1.82, 2.24) is 9.78 Å². The van der Waals surface area contributed by atoms with E-state index < -0.39 is 0 Å². The number of anilines is 1. The van der Waals surface area contributed by atoms with E-state index in [4.69, 9.17) is 5.73 Å². The molecule has 0 saturated heterocycles. The van der Waals surface area contributed by atoms with Gasteiger partial charge in [0, 0.05) is 11.3 Å². The number of nitrogens with two attached hydrogens (primary N) is 1. The smallest absolute Gasteiger partial charge is 0.0740 e. The first kappa shape index (κ1) is 10.6. The molecule has 0 aliphatic carbocycles. The first-order valence-corrected chi connectivity index (χ1v) is 5.80. The molecular weight excluding hydrogens is 222 g/mol. The van der Waals surface area contributed by atoms with Gasteiger partial charge in [0.2, 0.25) is 0 Å². The lowest BCUT2D eigenvalue weighted by molar-refractivity contribution is 0.888. The number of nitrogen functional groups attached to an aromatic ring is 1. The normalized spacial score (nSPS) is 10.4. The fourth-order valence-electron chi connectivity index (χ4n) is 1.95. The van der Waals surface area contributed by atoms with Gasteiger partial charge in [0.15, 0.2) is 0 Å². The van der Waals surface area contributed by atoms with Crippen molar-refractivity contribution in [2.45, 2.75) is 0 Å². The van der Waals surface area contributed by atoms with E-state index in [1.165, 1.54) is 0 Å². The van der Waals surface area contributed by atoms with Crippen LogP contribution in [0.1, 0.15) is 0 Å². The van der Waals surface area contributed by atoms with E-state index in [1.54, 1.807) is 6.20 Å². The standard InChI is InChI=1S/C15H13N3/c16-13-6-8-14(9-7-13)18-15(10-11-17-18)12-4-2-1-3-5-12/h1-11H,16H2. The van der Waals surface area contributed by atoms with Crippen LogP contribution in [0.5, 0.6) is 0 Å². The van der Waals surface area contributed by atoms with E-state index in [9.17, 15) is 0 Å². The highest BCUT2D eigenvalue weighted by Crippen LogP contribution is 2.22. The van der Waals surface area contributed by atoms with Crippen LogP contribution in [0.15, 0.2) is 66.9 Å². The third-order valence-corrected chi connectivity index (χ3v) is 2.85. The molecule has 0 unspecified atom stereocenters. The van der Waals surface area contributed by atoms with Gasteiger partial charge in [-0.3, -0.25) is 0 Å². The lowest BCUT2D eigenvalue weighted by Crippen LogP contribution is -1.98. The molecule has 0 amide bonds. The number of rotatable bonds is 2. The van der Waals surface area contributed by atoms with E-state index in [-0.39, 0.29) is 0 Å². The summed E-state index contributed by atoms with van der Waals surface area (Å²) in [4.78, 5) is 0. The molecule has 0 radical (unpaired) electrons. The van der Waals surface area contributed by atoms with Gasteiger partial charge in [0.1, 0.15) is 0 Å². The number of benzene rings is 2. The van der Waals surface area contributed by atoms with Crippen molar-refractivity contribution in [3.05, 3.63) is 66.9 Å². The molecule has 0 bridgehead atoms. The van der Waals surface area contributed by atoms with Crippen molar-refractivity contribution < 1.29 is 0 Å². The number of aromatic nitrogens is 2. The topological polar surface area (TPSA) is 43.8 Å². The Balaban J connectivity index is 2.10. The summed E-state index contributed by atoms with van der Waals surface area (Å²) in [6, 6.07) is 19.9. The van der Waals surface area contributed by atoms with Crippen LogP contribution < -0.4 is 5.73 Å². The summed E-state index contributed by atoms with van der Waals surface area (Å²) in [5.74, 6) is 0. The van der Waals surface area contributed by atoms with Crippen LogP contribution in [-0.2, 0) is 0 Å². The van der Waals surface area contributed by atoms with E-state index in [2.05, 4.69) is 17.2 Å². The van der Waals surface area contributed by atoms with Crippen LogP contribution in [0, 0.1) is 0 Å². The monoisotopic (exact) mass is 235 g/mol. The minimum atomic E-state index is 0.757. The second-order valence-corrected chi connectivity index (χ2v) is 4.09. The maximum Gasteiger partial charge on any atom is 0.0740 e. The average molecular weight is 235 g/mol. The van der Waals surface area contributed by atoms with E-state index in [1.807, 2.05) is 53.2 Å². The largest absolute Gasteiger partial charge is 0.399 e. The Morgan fingerprint density at radius 2 is 1.56 bits per heavy atom. The second kappa shape index (κ2) is 4.37. The second-order valence-electron chi connectivity index (χ2n) is 4.09. The lowest BCUT2D eigenvalue weighted by Gasteiger charge is -2.07. The summed E-state index contributed by atoms with van der Waals surface area (Å²) in [6.45, 7) is 0. The fourth-order valence-corrected chi connectivity index (χ4v) is 1.95. The molecule has 1 heterocycles. The number of hydrogen-bond donors (Lipinski definition) is 1. The van der Waals surface area contributed by atoms with Gasteiger partial charge in [-0.2, -0.15) is 5.10 Å². The van der Waals surface area contributed by atoms with Crippen LogP contribution >= 0.6 is 0 Å². The first-order chi connectivity index (χ1) is 8.84.